The van der Waals surface area contributed by atoms with Gasteiger partial charge in [-0.3, -0.25) is 0 Å². The lowest BCUT2D eigenvalue weighted by Gasteiger charge is -2.16. The van der Waals surface area contributed by atoms with Gasteiger partial charge in [0.1, 0.15) is 11.5 Å². The third-order valence-electron chi connectivity index (χ3n) is 4.45. The Bertz CT molecular complexity index is 762. The molecule has 0 spiro atoms. The molecule has 2 nitrogen and oxygen atoms in total. The Morgan fingerprint density at radius 2 is 1.87 bits per heavy atom. The van der Waals surface area contributed by atoms with E-state index in [9.17, 15) is 10.2 Å². The van der Waals surface area contributed by atoms with Crippen LogP contribution in [0.1, 0.15) is 49.3 Å². The van der Waals surface area contributed by atoms with Gasteiger partial charge >= 0.3 is 0 Å². The highest BCUT2D eigenvalue weighted by molar-refractivity contribution is 6.32. The van der Waals surface area contributed by atoms with Crippen LogP contribution in [0.4, 0.5) is 0 Å². The van der Waals surface area contributed by atoms with Gasteiger partial charge < -0.3 is 10.2 Å². The van der Waals surface area contributed by atoms with E-state index in [4.69, 9.17) is 11.6 Å². The predicted octanol–water partition coefficient (Wildman–Crippen LogP) is 5.80. The standard InChI is InChI=1S/C20H21ClO2/c1-2-4-18-16(14-7-10-20(23)19(21)12-14)6-3-5-13-11-15(22)8-9-17(13)18/h7-12,22-23H,2-6H2,1H3. The SMILES string of the molecule is CCCC1=C(c2ccc(O)c(Cl)c2)CCCc2cc(O)ccc21. The van der Waals surface area contributed by atoms with Crippen LogP contribution in [0.3, 0.4) is 0 Å². The van der Waals surface area contributed by atoms with Gasteiger partial charge in [0.2, 0.25) is 0 Å². The number of rotatable bonds is 3. The lowest BCUT2D eigenvalue weighted by atomic mass is 9.90. The van der Waals surface area contributed by atoms with E-state index in [2.05, 4.69) is 6.92 Å². The predicted molar refractivity (Wildman–Crippen MR) is 95.9 cm³/mol. The minimum absolute atomic E-state index is 0.118. The number of aromatic hydroxyl groups is 2. The first kappa shape index (κ1) is 15.9. The Balaban J connectivity index is 2.19. The summed E-state index contributed by atoms with van der Waals surface area (Å²) in [6, 6.07) is 11.1. The summed E-state index contributed by atoms with van der Waals surface area (Å²) in [7, 11) is 0. The lowest BCUT2D eigenvalue weighted by Crippen LogP contribution is -1.94. The molecule has 120 valence electrons. The molecule has 0 fully saturated rings. The molecule has 0 radical (unpaired) electrons. The molecule has 0 unspecified atom stereocenters. The Kier molecular flexibility index (Phi) is 4.63. The number of benzene rings is 2. The van der Waals surface area contributed by atoms with Gasteiger partial charge in [0, 0.05) is 0 Å². The zero-order chi connectivity index (χ0) is 16.4. The fourth-order valence-electron chi connectivity index (χ4n) is 3.40. The van der Waals surface area contributed by atoms with Crippen LogP contribution >= 0.6 is 11.6 Å². The van der Waals surface area contributed by atoms with Gasteiger partial charge in [-0.05, 0) is 77.8 Å². The van der Waals surface area contributed by atoms with E-state index in [1.54, 1.807) is 12.1 Å². The summed E-state index contributed by atoms with van der Waals surface area (Å²) in [5.41, 5.74) is 6.17. The fraction of sp³-hybridized carbons (Fsp3) is 0.300. The molecule has 1 aliphatic rings. The first-order valence-electron chi connectivity index (χ1n) is 8.13. The monoisotopic (exact) mass is 328 g/mol. The molecule has 2 N–H and O–H groups in total. The first-order valence-corrected chi connectivity index (χ1v) is 8.51. The van der Waals surface area contributed by atoms with Crippen LogP contribution in [0.15, 0.2) is 36.4 Å². The summed E-state index contributed by atoms with van der Waals surface area (Å²) in [5, 5.41) is 19.9. The Labute approximate surface area is 142 Å². The number of phenolic OH excluding ortho intramolecular Hbond substituents is 2. The summed E-state index contributed by atoms with van der Waals surface area (Å²) in [4.78, 5) is 0. The second kappa shape index (κ2) is 6.67. The van der Waals surface area contributed by atoms with Crippen LogP contribution in [-0.4, -0.2) is 10.2 Å². The van der Waals surface area contributed by atoms with Crippen LogP contribution in [-0.2, 0) is 6.42 Å². The number of aryl methyl sites for hydroxylation is 1. The maximum atomic E-state index is 9.78. The minimum Gasteiger partial charge on any atom is -0.508 e. The largest absolute Gasteiger partial charge is 0.508 e. The van der Waals surface area contributed by atoms with Gasteiger partial charge in [-0.15, -0.1) is 0 Å². The molecule has 3 rings (SSSR count). The summed E-state index contributed by atoms with van der Waals surface area (Å²) in [5.74, 6) is 0.447. The van der Waals surface area contributed by atoms with Gasteiger partial charge in [0.15, 0.2) is 0 Å². The molecular weight excluding hydrogens is 308 g/mol. The smallest absolute Gasteiger partial charge is 0.134 e. The van der Waals surface area contributed by atoms with Crippen molar-refractivity contribution in [3.8, 4) is 11.5 Å². The zero-order valence-corrected chi connectivity index (χ0v) is 14.0. The van der Waals surface area contributed by atoms with Crippen LogP contribution in [0.2, 0.25) is 5.02 Å². The molecule has 0 saturated carbocycles. The highest BCUT2D eigenvalue weighted by Crippen LogP contribution is 2.40. The normalized spacial score (nSPS) is 14.5. The van der Waals surface area contributed by atoms with Gasteiger partial charge in [-0.25, -0.2) is 0 Å². The highest BCUT2D eigenvalue weighted by Gasteiger charge is 2.19. The molecule has 2 aromatic rings. The number of allylic oxidation sites excluding steroid dienone is 2. The quantitative estimate of drug-likeness (QED) is 0.747. The Morgan fingerprint density at radius 3 is 2.61 bits per heavy atom. The Hall–Kier alpha value is -1.93. The number of hydrogen-bond donors (Lipinski definition) is 2. The molecule has 0 bridgehead atoms. The van der Waals surface area contributed by atoms with Crippen molar-refractivity contribution in [1.82, 2.24) is 0 Å². The van der Waals surface area contributed by atoms with Crippen molar-refractivity contribution in [2.75, 3.05) is 0 Å². The molecule has 0 aromatic heterocycles. The Morgan fingerprint density at radius 1 is 1.04 bits per heavy atom. The molecule has 0 atom stereocenters. The average Bonchev–Trinajstić information content (AvgIpc) is 2.70. The molecule has 2 aromatic carbocycles. The van der Waals surface area contributed by atoms with E-state index >= 15 is 0 Å². The van der Waals surface area contributed by atoms with E-state index in [1.165, 1.54) is 22.3 Å². The van der Waals surface area contributed by atoms with Crippen LogP contribution in [0.5, 0.6) is 11.5 Å². The van der Waals surface area contributed by atoms with Gasteiger partial charge in [0.25, 0.3) is 0 Å². The van der Waals surface area contributed by atoms with Gasteiger partial charge in [-0.1, -0.05) is 37.1 Å². The summed E-state index contributed by atoms with van der Waals surface area (Å²) < 4.78 is 0. The second-order valence-corrected chi connectivity index (χ2v) is 6.48. The van der Waals surface area contributed by atoms with Crippen molar-refractivity contribution in [2.45, 2.75) is 39.0 Å². The van der Waals surface area contributed by atoms with Crippen LogP contribution in [0, 0.1) is 0 Å². The van der Waals surface area contributed by atoms with Crippen molar-refractivity contribution in [1.29, 1.82) is 0 Å². The summed E-state index contributed by atoms with van der Waals surface area (Å²) in [6.45, 7) is 2.18. The number of halogens is 1. The van der Waals surface area contributed by atoms with Gasteiger partial charge in [0.05, 0.1) is 5.02 Å². The third kappa shape index (κ3) is 3.23. The molecule has 0 amide bonds. The molecule has 1 aliphatic carbocycles. The lowest BCUT2D eigenvalue weighted by molar-refractivity contribution is 0.474. The van der Waals surface area contributed by atoms with Crippen molar-refractivity contribution in [2.24, 2.45) is 0 Å². The fourth-order valence-corrected chi connectivity index (χ4v) is 3.58. The van der Waals surface area contributed by atoms with E-state index in [1.807, 2.05) is 24.3 Å². The van der Waals surface area contributed by atoms with Crippen molar-refractivity contribution in [3.63, 3.8) is 0 Å². The molecule has 0 aliphatic heterocycles. The highest BCUT2D eigenvalue weighted by atomic mass is 35.5. The summed E-state index contributed by atoms with van der Waals surface area (Å²) >= 11 is 6.11. The third-order valence-corrected chi connectivity index (χ3v) is 4.75. The van der Waals surface area contributed by atoms with Crippen molar-refractivity contribution >= 4 is 22.7 Å². The first-order chi connectivity index (χ1) is 11.1. The minimum atomic E-state index is 0.118. The topological polar surface area (TPSA) is 40.5 Å². The molecule has 0 saturated heterocycles. The zero-order valence-electron chi connectivity index (χ0n) is 13.3. The number of phenols is 2. The summed E-state index contributed by atoms with van der Waals surface area (Å²) in [6.07, 6.45) is 5.03. The molecule has 3 heteroatoms. The van der Waals surface area contributed by atoms with Crippen molar-refractivity contribution in [3.05, 3.63) is 58.1 Å². The number of hydrogen-bond acceptors (Lipinski definition) is 2. The molecule has 23 heavy (non-hydrogen) atoms. The van der Waals surface area contributed by atoms with E-state index in [-0.39, 0.29) is 5.75 Å². The maximum absolute atomic E-state index is 9.78. The van der Waals surface area contributed by atoms with E-state index in [0.29, 0.717) is 10.8 Å². The molecule has 0 heterocycles. The van der Waals surface area contributed by atoms with Gasteiger partial charge in [-0.2, -0.15) is 0 Å². The number of fused-ring (bicyclic) bond motifs is 1. The second-order valence-electron chi connectivity index (χ2n) is 6.07. The van der Waals surface area contributed by atoms with Crippen LogP contribution in [0.25, 0.3) is 11.1 Å². The van der Waals surface area contributed by atoms with Crippen molar-refractivity contribution < 1.29 is 10.2 Å². The molecular formula is C20H21ClO2. The average molecular weight is 329 g/mol. The van der Waals surface area contributed by atoms with E-state index in [0.717, 1.165) is 37.7 Å². The van der Waals surface area contributed by atoms with Crippen LogP contribution < -0.4 is 0 Å². The maximum Gasteiger partial charge on any atom is 0.134 e. The van der Waals surface area contributed by atoms with E-state index < -0.39 is 0 Å².